The molecule has 0 saturated carbocycles. The molecular formula is C12H19N3. The first-order valence-electron chi connectivity index (χ1n) is 5.81. The fourth-order valence-electron chi connectivity index (χ4n) is 2.21. The van der Waals surface area contributed by atoms with Crippen LogP contribution in [0.25, 0.3) is 0 Å². The van der Waals surface area contributed by atoms with Crippen molar-refractivity contribution >= 4 is 0 Å². The van der Waals surface area contributed by atoms with Crippen molar-refractivity contribution < 1.29 is 0 Å². The molecule has 15 heavy (non-hydrogen) atoms. The van der Waals surface area contributed by atoms with Crippen LogP contribution in [0, 0.1) is 12.8 Å². The Balaban J connectivity index is 2.03. The summed E-state index contributed by atoms with van der Waals surface area (Å²) in [6.07, 6.45) is 5.53. The molecule has 1 unspecified atom stereocenters. The van der Waals surface area contributed by atoms with Crippen molar-refractivity contribution in [1.82, 2.24) is 15.3 Å². The van der Waals surface area contributed by atoms with Gasteiger partial charge in [0, 0.05) is 11.9 Å². The summed E-state index contributed by atoms with van der Waals surface area (Å²) >= 11 is 0. The van der Waals surface area contributed by atoms with E-state index in [0.717, 1.165) is 37.7 Å². The second-order valence-corrected chi connectivity index (χ2v) is 4.31. The van der Waals surface area contributed by atoms with Crippen LogP contribution in [0.5, 0.6) is 0 Å². The Labute approximate surface area is 91.3 Å². The van der Waals surface area contributed by atoms with E-state index in [1.165, 1.54) is 17.7 Å². The highest BCUT2D eigenvalue weighted by Gasteiger charge is 2.19. The lowest BCUT2D eigenvalue weighted by atomic mass is 9.87. The zero-order valence-electron chi connectivity index (χ0n) is 9.58. The molecule has 0 radical (unpaired) electrons. The van der Waals surface area contributed by atoms with Gasteiger partial charge in [0.15, 0.2) is 0 Å². The van der Waals surface area contributed by atoms with Crippen LogP contribution in [-0.2, 0) is 12.8 Å². The maximum Gasteiger partial charge on any atom is 0.125 e. The SMILES string of the molecule is CCNCC1CCc2nc(C)ncc2C1. The lowest BCUT2D eigenvalue weighted by molar-refractivity contribution is 0.424. The predicted octanol–water partition coefficient (Wildman–Crippen LogP) is 1.50. The molecule has 0 aliphatic heterocycles. The van der Waals surface area contributed by atoms with Gasteiger partial charge in [-0.15, -0.1) is 0 Å². The molecule has 82 valence electrons. The molecule has 0 fully saturated rings. The second kappa shape index (κ2) is 4.71. The van der Waals surface area contributed by atoms with E-state index < -0.39 is 0 Å². The highest BCUT2D eigenvalue weighted by Crippen LogP contribution is 2.23. The van der Waals surface area contributed by atoms with Gasteiger partial charge in [0.05, 0.1) is 0 Å². The van der Waals surface area contributed by atoms with Gasteiger partial charge in [-0.25, -0.2) is 9.97 Å². The van der Waals surface area contributed by atoms with Crippen LogP contribution in [-0.4, -0.2) is 23.1 Å². The standard InChI is InChI=1S/C12H19N3/c1-3-13-7-10-4-5-12-11(6-10)8-14-9(2)15-12/h8,10,13H,3-7H2,1-2H3. The van der Waals surface area contributed by atoms with Gasteiger partial charge in [0.1, 0.15) is 5.82 Å². The van der Waals surface area contributed by atoms with Gasteiger partial charge in [0.2, 0.25) is 0 Å². The summed E-state index contributed by atoms with van der Waals surface area (Å²) in [5.74, 6) is 1.67. The summed E-state index contributed by atoms with van der Waals surface area (Å²) in [5.41, 5.74) is 2.63. The van der Waals surface area contributed by atoms with Gasteiger partial charge in [-0.2, -0.15) is 0 Å². The summed E-state index contributed by atoms with van der Waals surface area (Å²) < 4.78 is 0. The minimum atomic E-state index is 0.767. The number of nitrogens with one attached hydrogen (secondary N) is 1. The predicted molar refractivity (Wildman–Crippen MR) is 60.8 cm³/mol. The number of hydrogen-bond acceptors (Lipinski definition) is 3. The van der Waals surface area contributed by atoms with Gasteiger partial charge in [-0.1, -0.05) is 6.92 Å². The third kappa shape index (κ3) is 2.53. The lowest BCUT2D eigenvalue weighted by Gasteiger charge is -2.23. The quantitative estimate of drug-likeness (QED) is 0.812. The minimum absolute atomic E-state index is 0.767. The molecule has 1 aromatic rings. The molecule has 0 amide bonds. The van der Waals surface area contributed by atoms with E-state index in [0.29, 0.717) is 0 Å². The van der Waals surface area contributed by atoms with Crippen LogP contribution in [0.1, 0.15) is 30.4 Å². The van der Waals surface area contributed by atoms with Crippen LogP contribution in [0.2, 0.25) is 0 Å². The molecule has 0 saturated heterocycles. The Morgan fingerprint density at radius 3 is 3.20 bits per heavy atom. The number of aryl methyl sites for hydroxylation is 2. The van der Waals surface area contributed by atoms with Gasteiger partial charge >= 0.3 is 0 Å². The van der Waals surface area contributed by atoms with E-state index >= 15 is 0 Å². The normalized spacial score (nSPS) is 20.0. The van der Waals surface area contributed by atoms with E-state index in [2.05, 4.69) is 22.2 Å². The van der Waals surface area contributed by atoms with Gasteiger partial charge in [-0.05, 0) is 50.8 Å². The fraction of sp³-hybridized carbons (Fsp3) is 0.667. The molecule has 1 aliphatic carbocycles. The topological polar surface area (TPSA) is 37.8 Å². The molecule has 1 aliphatic rings. The average molecular weight is 205 g/mol. The summed E-state index contributed by atoms with van der Waals surface area (Å²) in [6, 6.07) is 0. The first kappa shape index (κ1) is 10.6. The highest BCUT2D eigenvalue weighted by atomic mass is 14.9. The van der Waals surface area contributed by atoms with Gasteiger partial charge < -0.3 is 5.32 Å². The second-order valence-electron chi connectivity index (χ2n) is 4.31. The van der Waals surface area contributed by atoms with Crippen LogP contribution < -0.4 is 5.32 Å². The minimum Gasteiger partial charge on any atom is -0.317 e. The van der Waals surface area contributed by atoms with E-state index in [1.807, 2.05) is 13.1 Å². The maximum absolute atomic E-state index is 4.50. The van der Waals surface area contributed by atoms with Crippen LogP contribution >= 0.6 is 0 Å². The molecule has 0 aromatic carbocycles. The molecule has 1 aromatic heterocycles. The van der Waals surface area contributed by atoms with E-state index in [9.17, 15) is 0 Å². The van der Waals surface area contributed by atoms with Crippen molar-refractivity contribution in [2.75, 3.05) is 13.1 Å². The smallest absolute Gasteiger partial charge is 0.125 e. The Morgan fingerprint density at radius 1 is 1.53 bits per heavy atom. The van der Waals surface area contributed by atoms with Crippen molar-refractivity contribution in [3.05, 3.63) is 23.3 Å². The van der Waals surface area contributed by atoms with Crippen molar-refractivity contribution in [3.8, 4) is 0 Å². The zero-order valence-corrected chi connectivity index (χ0v) is 9.58. The Kier molecular flexibility index (Phi) is 3.31. The molecule has 0 bridgehead atoms. The summed E-state index contributed by atoms with van der Waals surface area (Å²) in [7, 11) is 0. The maximum atomic E-state index is 4.50. The number of rotatable bonds is 3. The highest BCUT2D eigenvalue weighted by molar-refractivity contribution is 5.21. The molecule has 2 rings (SSSR count). The Hall–Kier alpha value is -0.960. The monoisotopic (exact) mass is 205 g/mol. The van der Waals surface area contributed by atoms with Crippen LogP contribution in [0.4, 0.5) is 0 Å². The van der Waals surface area contributed by atoms with Crippen LogP contribution in [0.3, 0.4) is 0 Å². The van der Waals surface area contributed by atoms with Gasteiger partial charge in [-0.3, -0.25) is 0 Å². The third-order valence-corrected chi connectivity index (χ3v) is 3.06. The number of nitrogens with zero attached hydrogens (tertiary/aromatic N) is 2. The third-order valence-electron chi connectivity index (χ3n) is 3.06. The van der Waals surface area contributed by atoms with Crippen molar-refractivity contribution in [3.63, 3.8) is 0 Å². The Bertz CT molecular complexity index is 336. The molecule has 0 spiro atoms. The van der Waals surface area contributed by atoms with Crippen LogP contribution in [0.15, 0.2) is 6.20 Å². The van der Waals surface area contributed by atoms with E-state index in [4.69, 9.17) is 0 Å². The molecule has 3 heteroatoms. The summed E-state index contributed by atoms with van der Waals surface area (Å²) in [4.78, 5) is 8.77. The van der Waals surface area contributed by atoms with Crippen molar-refractivity contribution in [2.24, 2.45) is 5.92 Å². The number of fused-ring (bicyclic) bond motifs is 1. The van der Waals surface area contributed by atoms with E-state index in [1.54, 1.807) is 0 Å². The Morgan fingerprint density at radius 2 is 2.40 bits per heavy atom. The molecule has 3 nitrogen and oxygen atoms in total. The van der Waals surface area contributed by atoms with Crippen molar-refractivity contribution in [1.29, 1.82) is 0 Å². The number of hydrogen-bond donors (Lipinski definition) is 1. The van der Waals surface area contributed by atoms with Gasteiger partial charge in [0.25, 0.3) is 0 Å². The average Bonchev–Trinajstić information content (AvgIpc) is 2.26. The summed E-state index contributed by atoms with van der Waals surface area (Å²) in [6.45, 7) is 6.31. The molecular weight excluding hydrogens is 186 g/mol. The lowest BCUT2D eigenvalue weighted by Crippen LogP contribution is -2.27. The molecule has 1 heterocycles. The fourth-order valence-corrected chi connectivity index (χ4v) is 2.21. The molecule has 1 N–H and O–H groups in total. The summed E-state index contributed by atoms with van der Waals surface area (Å²) in [5, 5.41) is 3.42. The first-order valence-corrected chi connectivity index (χ1v) is 5.81. The first-order chi connectivity index (χ1) is 7.29. The zero-order chi connectivity index (χ0) is 10.7. The van der Waals surface area contributed by atoms with Crippen molar-refractivity contribution in [2.45, 2.75) is 33.1 Å². The van der Waals surface area contributed by atoms with E-state index in [-0.39, 0.29) is 0 Å². The largest absolute Gasteiger partial charge is 0.317 e. The molecule has 1 atom stereocenters. The number of aromatic nitrogens is 2.